The Balaban J connectivity index is 1.45. The predicted octanol–water partition coefficient (Wildman–Crippen LogP) is 5.64. The minimum absolute atomic E-state index is 0.0125. The highest BCUT2D eigenvalue weighted by Gasteiger charge is 2.34. The number of thiophene rings is 1. The van der Waals surface area contributed by atoms with E-state index in [0.717, 1.165) is 41.2 Å². The molecule has 0 bridgehead atoms. The maximum absolute atomic E-state index is 12.8. The molecule has 0 saturated heterocycles. The van der Waals surface area contributed by atoms with Gasteiger partial charge in [0.2, 0.25) is 0 Å². The first-order valence-electron chi connectivity index (χ1n) is 9.16. The van der Waals surface area contributed by atoms with E-state index < -0.39 is 0 Å². The molecular weight excluding hydrogens is 380 g/mol. The maximum Gasteiger partial charge on any atom is 0.256 e. The van der Waals surface area contributed by atoms with Crippen molar-refractivity contribution in [3.05, 3.63) is 63.2 Å². The molecule has 1 aliphatic carbocycles. The fraction of sp³-hybridized carbons (Fsp3) is 0.286. The third kappa shape index (κ3) is 2.95. The molecule has 0 saturated carbocycles. The van der Waals surface area contributed by atoms with Crippen LogP contribution in [0, 0.1) is 5.92 Å². The van der Waals surface area contributed by atoms with Gasteiger partial charge in [0.25, 0.3) is 5.91 Å². The van der Waals surface area contributed by atoms with E-state index in [2.05, 4.69) is 17.6 Å². The second-order valence-corrected chi connectivity index (χ2v) is 8.86. The van der Waals surface area contributed by atoms with Gasteiger partial charge in [-0.3, -0.25) is 4.79 Å². The molecular formula is C21H19ClN2O2S. The topological polar surface area (TPSA) is 54.3 Å². The minimum atomic E-state index is -0.365. The van der Waals surface area contributed by atoms with Gasteiger partial charge in [0.15, 0.2) is 6.17 Å². The van der Waals surface area contributed by atoms with Crippen molar-refractivity contribution >= 4 is 33.8 Å². The molecule has 2 atom stereocenters. The first kappa shape index (κ1) is 16.9. The third-order valence-electron chi connectivity index (χ3n) is 5.31. The SMILES string of the molecule is CC1CCc2c(sc3c2C(=O)NC(c2ccc(-c4cccc(Cl)c4)o2)N3)C1. The molecule has 1 amide bonds. The lowest BCUT2D eigenvalue weighted by molar-refractivity contribution is 0.0930. The van der Waals surface area contributed by atoms with Crippen LogP contribution < -0.4 is 10.6 Å². The molecule has 1 aliphatic heterocycles. The van der Waals surface area contributed by atoms with Gasteiger partial charge in [-0.25, -0.2) is 0 Å². The molecule has 4 nitrogen and oxygen atoms in total. The number of hydrogen-bond donors (Lipinski definition) is 2. The van der Waals surface area contributed by atoms with E-state index in [9.17, 15) is 4.79 Å². The Kier molecular flexibility index (Phi) is 4.02. The number of anilines is 1. The van der Waals surface area contributed by atoms with Crippen molar-refractivity contribution in [2.45, 2.75) is 32.4 Å². The second-order valence-electron chi connectivity index (χ2n) is 7.32. The molecule has 2 N–H and O–H groups in total. The van der Waals surface area contributed by atoms with Crippen molar-refractivity contribution in [2.24, 2.45) is 5.92 Å². The van der Waals surface area contributed by atoms with E-state index in [4.69, 9.17) is 16.0 Å². The Bertz CT molecular complexity index is 1040. The lowest BCUT2D eigenvalue weighted by Gasteiger charge is -2.25. The van der Waals surface area contributed by atoms with Gasteiger partial charge < -0.3 is 15.1 Å². The quantitative estimate of drug-likeness (QED) is 0.587. The lowest BCUT2D eigenvalue weighted by Crippen LogP contribution is -2.38. The van der Waals surface area contributed by atoms with Crippen LogP contribution in [-0.2, 0) is 12.8 Å². The summed E-state index contributed by atoms with van der Waals surface area (Å²) < 4.78 is 6.02. The number of halogens is 1. The summed E-state index contributed by atoms with van der Waals surface area (Å²) in [4.78, 5) is 14.1. The highest BCUT2D eigenvalue weighted by atomic mass is 35.5. The van der Waals surface area contributed by atoms with Gasteiger partial charge in [-0.1, -0.05) is 30.7 Å². The van der Waals surface area contributed by atoms with Crippen molar-refractivity contribution in [2.75, 3.05) is 5.32 Å². The molecule has 5 rings (SSSR count). The molecule has 2 aromatic heterocycles. The smallest absolute Gasteiger partial charge is 0.256 e. The van der Waals surface area contributed by atoms with E-state index in [1.165, 1.54) is 10.4 Å². The summed E-state index contributed by atoms with van der Waals surface area (Å²) in [5.41, 5.74) is 2.98. The zero-order chi connectivity index (χ0) is 18.5. The third-order valence-corrected chi connectivity index (χ3v) is 6.73. The molecule has 2 aliphatic rings. The molecule has 6 heteroatoms. The molecule has 2 unspecified atom stereocenters. The Labute approximate surface area is 166 Å². The number of carbonyl (C=O) groups is 1. The molecule has 3 heterocycles. The summed E-state index contributed by atoms with van der Waals surface area (Å²) in [5.74, 6) is 2.08. The number of nitrogens with one attached hydrogen (secondary N) is 2. The standard InChI is InChI=1S/C21H19ClN2O2S/c1-11-5-6-14-17(9-11)27-21-18(14)20(25)23-19(24-21)16-8-7-15(26-16)12-3-2-4-13(22)10-12/h2-4,7-8,10-11,19,24H,5-6,9H2,1H3,(H,23,25). The molecule has 27 heavy (non-hydrogen) atoms. The number of benzene rings is 1. The summed E-state index contributed by atoms with van der Waals surface area (Å²) in [6, 6.07) is 11.3. The van der Waals surface area contributed by atoms with E-state index in [0.29, 0.717) is 16.7 Å². The Morgan fingerprint density at radius 1 is 1.22 bits per heavy atom. The summed E-state index contributed by atoms with van der Waals surface area (Å²) >= 11 is 7.79. The van der Waals surface area contributed by atoms with E-state index in [1.807, 2.05) is 36.4 Å². The monoisotopic (exact) mass is 398 g/mol. The molecule has 3 aromatic rings. The molecule has 1 aromatic carbocycles. The fourth-order valence-corrected chi connectivity index (χ4v) is 5.54. The van der Waals surface area contributed by atoms with Crippen LogP contribution in [0.5, 0.6) is 0 Å². The highest BCUT2D eigenvalue weighted by Crippen LogP contribution is 2.42. The Morgan fingerprint density at radius 3 is 2.96 bits per heavy atom. The van der Waals surface area contributed by atoms with Gasteiger partial charge in [0, 0.05) is 15.5 Å². The van der Waals surface area contributed by atoms with Gasteiger partial charge in [-0.15, -0.1) is 11.3 Å². The number of carbonyl (C=O) groups excluding carboxylic acids is 1. The normalized spacial score (nSPS) is 21.2. The summed E-state index contributed by atoms with van der Waals surface area (Å²) in [6.07, 6.45) is 2.83. The highest BCUT2D eigenvalue weighted by molar-refractivity contribution is 7.16. The zero-order valence-electron chi connectivity index (χ0n) is 14.8. The summed E-state index contributed by atoms with van der Waals surface area (Å²) in [7, 11) is 0. The van der Waals surface area contributed by atoms with Crippen LogP contribution in [0.3, 0.4) is 0 Å². The van der Waals surface area contributed by atoms with Crippen molar-refractivity contribution in [3.8, 4) is 11.3 Å². The van der Waals surface area contributed by atoms with Crippen LogP contribution in [0.2, 0.25) is 5.02 Å². The fourth-order valence-electron chi connectivity index (χ4n) is 3.91. The van der Waals surface area contributed by atoms with E-state index in [1.54, 1.807) is 11.3 Å². The summed E-state index contributed by atoms with van der Waals surface area (Å²) in [6.45, 7) is 2.28. The number of amides is 1. The first-order chi connectivity index (χ1) is 13.1. The number of hydrogen-bond acceptors (Lipinski definition) is 4. The number of rotatable bonds is 2. The Hall–Kier alpha value is -2.24. The van der Waals surface area contributed by atoms with Crippen molar-refractivity contribution in [3.63, 3.8) is 0 Å². The van der Waals surface area contributed by atoms with Crippen LogP contribution >= 0.6 is 22.9 Å². The lowest BCUT2D eigenvalue weighted by atomic mass is 9.88. The predicted molar refractivity (Wildman–Crippen MR) is 108 cm³/mol. The zero-order valence-corrected chi connectivity index (χ0v) is 16.4. The minimum Gasteiger partial charge on any atom is -0.457 e. The van der Waals surface area contributed by atoms with Crippen molar-refractivity contribution < 1.29 is 9.21 Å². The summed E-state index contributed by atoms with van der Waals surface area (Å²) in [5, 5.41) is 8.13. The largest absolute Gasteiger partial charge is 0.457 e. The van der Waals surface area contributed by atoms with Crippen molar-refractivity contribution in [1.29, 1.82) is 0 Å². The van der Waals surface area contributed by atoms with Crippen LogP contribution in [0.25, 0.3) is 11.3 Å². The first-order valence-corrected chi connectivity index (χ1v) is 10.4. The molecule has 0 radical (unpaired) electrons. The second kappa shape index (κ2) is 6.43. The molecule has 0 fully saturated rings. The number of fused-ring (bicyclic) bond motifs is 3. The van der Waals surface area contributed by atoms with Gasteiger partial charge in [0.05, 0.1) is 5.56 Å². The van der Waals surface area contributed by atoms with Crippen molar-refractivity contribution in [1.82, 2.24) is 5.32 Å². The van der Waals surface area contributed by atoms with Gasteiger partial charge in [-0.05, 0) is 55.0 Å². The van der Waals surface area contributed by atoms with Gasteiger partial charge >= 0.3 is 0 Å². The van der Waals surface area contributed by atoms with Crippen LogP contribution in [-0.4, -0.2) is 5.91 Å². The maximum atomic E-state index is 12.8. The Morgan fingerprint density at radius 2 is 2.11 bits per heavy atom. The number of furan rings is 1. The molecule has 0 spiro atoms. The average molecular weight is 399 g/mol. The van der Waals surface area contributed by atoms with E-state index >= 15 is 0 Å². The van der Waals surface area contributed by atoms with Gasteiger partial charge in [0.1, 0.15) is 16.5 Å². The average Bonchev–Trinajstić information content (AvgIpc) is 3.26. The van der Waals surface area contributed by atoms with Crippen LogP contribution in [0.4, 0.5) is 5.00 Å². The molecule has 138 valence electrons. The van der Waals surface area contributed by atoms with Crippen LogP contribution in [0.1, 0.15) is 46.1 Å². The van der Waals surface area contributed by atoms with E-state index in [-0.39, 0.29) is 12.1 Å². The van der Waals surface area contributed by atoms with Gasteiger partial charge in [-0.2, -0.15) is 0 Å². The van der Waals surface area contributed by atoms with Crippen LogP contribution in [0.15, 0.2) is 40.8 Å².